The van der Waals surface area contributed by atoms with Crippen LogP contribution in [0.4, 0.5) is 4.79 Å². The van der Waals surface area contributed by atoms with Crippen LogP contribution in [0.5, 0.6) is 0 Å². The highest BCUT2D eigenvalue weighted by Crippen LogP contribution is 2.36. The lowest BCUT2D eigenvalue weighted by Crippen LogP contribution is -2.66. The van der Waals surface area contributed by atoms with Gasteiger partial charge in [0.05, 0.1) is 33.0 Å². The molecule has 1 amide bonds. The summed E-state index contributed by atoms with van der Waals surface area (Å²) in [5.41, 5.74) is 12.4. The smallest absolute Gasteiger partial charge is 0.407 e. The molecule has 2 heterocycles. The number of hydrogen-bond acceptors (Lipinski definition) is 17. The van der Waals surface area contributed by atoms with Crippen molar-refractivity contribution in [1.82, 2.24) is 5.32 Å². The average molecular weight is 989 g/mol. The van der Waals surface area contributed by atoms with Crippen LogP contribution < -0.4 is 5.32 Å². The van der Waals surface area contributed by atoms with Gasteiger partial charge in [0.2, 0.25) is 0 Å². The van der Waals surface area contributed by atoms with Crippen LogP contribution in [0, 0.1) is 0 Å². The maximum absolute atomic E-state index is 13.2. The molecule has 23 nitrogen and oxygen atoms in total. The summed E-state index contributed by atoms with van der Waals surface area (Å²) in [4.78, 5) is 28.6. The topological polar surface area (TPSA) is 316 Å². The normalized spacial score (nSPS) is 25.1. The number of benzene rings is 4. The number of carbonyl (C=O) groups is 2. The Labute approximate surface area is 390 Å². The molecule has 366 valence electrons. The Kier molecular flexibility index (Phi) is 19.1. The van der Waals surface area contributed by atoms with E-state index in [9.17, 15) is 46.2 Å². The van der Waals surface area contributed by atoms with E-state index < -0.39 is 107 Å². The number of nitrogens with zero attached hydrogens (tertiary/aromatic N) is 3. The lowest BCUT2D eigenvalue weighted by molar-refractivity contribution is -0.345. The fraction of sp³-hybridized carbons (Fsp3) is 0.395. The van der Waals surface area contributed by atoms with E-state index in [1.165, 1.54) is 0 Å². The first-order valence-corrected chi connectivity index (χ1v) is 23.4. The zero-order chi connectivity index (χ0) is 48.5. The van der Waals surface area contributed by atoms with E-state index in [1.54, 1.807) is 121 Å². The number of rotatable bonds is 24. The Balaban J connectivity index is 1.33. The minimum Gasteiger partial charge on any atom is -0.479 e. The second-order valence-corrected chi connectivity index (χ2v) is 17.1. The van der Waals surface area contributed by atoms with Crippen LogP contribution in [-0.2, 0) is 98.3 Å². The number of carboxylic acid groups (broad SMARTS) is 1. The van der Waals surface area contributed by atoms with Gasteiger partial charge >= 0.3 is 32.9 Å². The Bertz CT molecular complexity index is 2480. The molecule has 0 spiro atoms. The molecule has 0 radical (unpaired) electrons. The fourth-order valence-electron chi connectivity index (χ4n) is 7.15. The number of nitrogens with one attached hydrogen (secondary N) is 1. The maximum Gasteiger partial charge on any atom is 0.407 e. The summed E-state index contributed by atoms with van der Waals surface area (Å²) in [5.74, 6) is -1.73. The molecule has 0 aromatic heterocycles. The molecule has 2 saturated heterocycles. The van der Waals surface area contributed by atoms with Gasteiger partial charge in [-0.2, -0.15) is 16.8 Å². The minimum absolute atomic E-state index is 0.0630. The molecule has 0 saturated carbocycles. The number of ether oxygens (including phenoxy) is 8. The molecule has 0 bridgehead atoms. The number of carboxylic acids is 1. The summed E-state index contributed by atoms with van der Waals surface area (Å²) in [6, 6.07) is 32.8. The van der Waals surface area contributed by atoms with Crippen molar-refractivity contribution in [3.05, 3.63) is 154 Å². The highest BCUT2D eigenvalue weighted by molar-refractivity contribution is 7.81. The summed E-state index contributed by atoms with van der Waals surface area (Å²) in [6.07, 6.45) is -17.3. The van der Waals surface area contributed by atoms with Crippen LogP contribution in [0.15, 0.2) is 126 Å². The first kappa shape index (κ1) is 51.8. The SMILES string of the molecule is [N-]=[N+]=N[C@H]1[C@@H](O[C@H]2[C@H](OCc3ccccc3)[C@@H](OS(=O)(=O)O)[C@H](OCCNC(=O)OCc3ccccc3)O[C@H]2C(=O)O)O[C@H](COS(=O)(=O)O)[C@@H](OCc2ccccc2)[C@@H]1OCc1ccccc1. The van der Waals surface area contributed by atoms with Crippen LogP contribution in [0.2, 0.25) is 0 Å². The Hall–Kier alpha value is -5.61. The summed E-state index contributed by atoms with van der Waals surface area (Å²) < 4.78 is 126. The van der Waals surface area contributed by atoms with Crippen LogP contribution in [0.1, 0.15) is 22.3 Å². The standard InChI is InChI=1S/C43H48N4O19S2/c44-47-46-33-35(59-24-29-15-7-2-8-16-29)34(58-23-28-13-5-1-6-14-28)32(27-62-67(51,52)53)63-41(33)64-37-36(60-25-30-17-9-3-10-18-30)39(66-68(54,55)56)42(65-38(37)40(48)49)57-22-21-45-43(50)61-26-31-19-11-4-12-20-31/h1-20,32-39,41-42H,21-27H2,(H,45,50)(H,48,49)(H,51,52,53)(H,54,55,56)/t32-,33-,34-,35-,36+,37+,38-,39-,41-,42-/m1/s1. The average Bonchev–Trinajstić information content (AvgIpc) is 3.32. The zero-order valence-electron chi connectivity index (χ0n) is 35.8. The van der Waals surface area contributed by atoms with E-state index in [1.807, 2.05) is 0 Å². The molecular weight excluding hydrogens is 941 g/mol. The van der Waals surface area contributed by atoms with Crippen molar-refractivity contribution < 1.29 is 86.9 Å². The summed E-state index contributed by atoms with van der Waals surface area (Å²) in [6.45, 7) is -2.43. The van der Waals surface area contributed by atoms with Crippen molar-refractivity contribution in [3.63, 3.8) is 0 Å². The van der Waals surface area contributed by atoms with Gasteiger partial charge in [-0.3, -0.25) is 9.11 Å². The van der Waals surface area contributed by atoms with Crippen molar-refractivity contribution >= 4 is 32.9 Å². The molecule has 4 aromatic rings. The van der Waals surface area contributed by atoms with E-state index in [0.717, 1.165) is 0 Å². The Morgan fingerprint density at radius 2 is 1.13 bits per heavy atom. The summed E-state index contributed by atoms with van der Waals surface area (Å²) >= 11 is 0. The largest absolute Gasteiger partial charge is 0.479 e. The van der Waals surface area contributed by atoms with Gasteiger partial charge in [0.25, 0.3) is 0 Å². The van der Waals surface area contributed by atoms with E-state index in [0.29, 0.717) is 22.3 Å². The molecule has 2 aliphatic rings. The monoisotopic (exact) mass is 988 g/mol. The Morgan fingerprint density at radius 1 is 0.632 bits per heavy atom. The molecule has 68 heavy (non-hydrogen) atoms. The molecule has 10 atom stereocenters. The molecule has 4 N–H and O–H groups in total. The summed E-state index contributed by atoms with van der Waals surface area (Å²) in [5, 5.41) is 17.0. The number of hydrogen-bond donors (Lipinski definition) is 4. The second-order valence-electron chi connectivity index (χ2n) is 14.9. The molecule has 4 aromatic carbocycles. The third-order valence-corrected chi connectivity index (χ3v) is 11.1. The molecule has 2 aliphatic heterocycles. The van der Waals surface area contributed by atoms with E-state index in [2.05, 4.69) is 15.3 Å². The molecule has 6 rings (SSSR count). The van der Waals surface area contributed by atoms with Gasteiger partial charge in [-0.1, -0.05) is 126 Å². The lowest BCUT2D eigenvalue weighted by atomic mass is 9.95. The zero-order valence-corrected chi connectivity index (χ0v) is 37.4. The van der Waals surface area contributed by atoms with E-state index in [-0.39, 0.29) is 33.0 Å². The van der Waals surface area contributed by atoms with Crippen LogP contribution >= 0.6 is 0 Å². The van der Waals surface area contributed by atoms with Gasteiger partial charge in [-0.05, 0) is 27.8 Å². The van der Waals surface area contributed by atoms with Gasteiger partial charge in [-0.15, -0.1) is 0 Å². The van der Waals surface area contributed by atoms with Gasteiger partial charge in [0.15, 0.2) is 24.8 Å². The second kappa shape index (κ2) is 25.1. The van der Waals surface area contributed by atoms with Gasteiger partial charge < -0.3 is 48.3 Å². The third kappa shape index (κ3) is 16.0. The first-order valence-electron chi connectivity index (χ1n) is 20.7. The Morgan fingerprint density at radius 3 is 1.62 bits per heavy atom. The highest BCUT2D eigenvalue weighted by atomic mass is 32.3. The van der Waals surface area contributed by atoms with Gasteiger partial charge in [0, 0.05) is 11.5 Å². The fourth-order valence-corrected chi connectivity index (χ4v) is 7.94. The lowest BCUT2D eigenvalue weighted by Gasteiger charge is -2.48. The molecular formula is C43H48N4O19S2. The number of alkyl carbamates (subject to hydrolysis) is 1. The number of amides is 1. The van der Waals surface area contributed by atoms with Crippen molar-refractivity contribution in [2.75, 3.05) is 19.8 Å². The minimum atomic E-state index is -5.44. The highest BCUT2D eigenvalue weighted by Gasteiger charge is 2.56. The van der Waals surface area contributed by atoms with Crippen LogP contribution in [0.3, 0.4) is 0 Å². The van der Waals surface area contributed by atoms with Gasteiger partial charge in [-0.25, -0.2) is 18.0 Å². The quantitative estimate of drug-likeness (QED) is 0.0250. The molecule has 0 aliphatic carbocycles. The molecule has 25 heteroatoms. The number of aliphatic carboxylic acids is 1. The van der Waals surface area contributed by atoms with Crippen molar-refractivity contribution in [1.29, 1.82) is 0 Å². The predicted molar refractivity (Wildman–Crippen MR) is 232 cm³/mol. The van der Waals surface area contributed by atoms with E-state index in [4.69, 9.17) is 46.3 Å². The van der Waals surface area contributed by atoms with Crippen LogP contribution in [-0.4, -0.2) is 124 Å². The van der Waals surface area contributed by atoms with Crippen molar-refractivity contribution in [2.24, 2.45) is 5.11 Å². The molecule has 0 unspecified atom stereocenters. The van der Waals surface area contributed by atoms with Crippen molar-refractivity contribution in [2.45, 2.75) is 87.8 Å². The summed E-state index contributed by atoms with van der Waals surface area (Å²) in [7, 11) is -10.6. The van der Waals surface area contributed by atoms with Crippen LogP contribution in [0.25, 0.3) is 10.4 Å². The van der Waals surface area contributed by atoms with Crippen molar-refractivity contribution in [3.8, 4) is 0 Å². The van der Waals surface area contributed by atoms with Gasteiger partial charge in [0.1, 0.15) is 43.2 Å². The number of azide groups is 1. The molecule has 2 fully saturated rings. The third-order valence-electron chi connectivity index (χ3n) is 10.2. The predicted octanol–water partition coefficient (Wildman–Crippen LogP) is 4.29. The first-order chi connectivity index (χ1) is 32.7. The van der Waals surface area contributed by atoms with E-state index >= 15 is 0 Å². The number of carbonyl (C=O) groups excluding carboxylic acids is 1. The maximum atomic E-state index is 13.2.